The van der Waals surface area contributed by atoms with Gasteiger partial charge in [-0.2, -0.15) is 0 Å². The summed E-state index contributed by atoms with van der Waals surface area (Å²) in [6, 6.07) is 4.84. The molecule has 0 aliphatic heterocycles. The van der Waals surface area contributed by atoms with E-state index >= 15 is 0 Å². The van der Waals surface area contributed by atoms with Crippen LogP contribution in [0.1, 0.15) is 20.7 Å². The van der Waals surface area contributed by atoms with Gasteiger partial charge in [-0.15, -0.1) is 0 Å². The van der Waals surface area contributed by atoms with E-state index in [1.165, 1.54) is 7.11 Å². The Morgan fingerprint density at radius 1 is 1.25 bits per heavy atom. The van der Waals surface area contributed by atoms with Gasteiger partial charge in [-0.05, 0) is 28.1 Å². The summed E-state index contributed by atoms with van der Waals surface area (Å²) < 4.78 is 5.15. The van der Waals surface area contributed by atoms with Crippen LogP contribution in [-0.2, 0) is 0 Å². The number of carbonyl (C=O) groups excluding carboxylic acids is 2. The third kappa shape index (κ3) is 1.36. The van der Waals surface area contributed by atoms with Gasteiger partial charge in [0.2, 0.25) is 11.6 Å². The molecule has 4 nitrogen and oxygen atoms in total. The number of hydrogen-bond donors (Lipinski definition) is 1. The van der Waals surface area contributed by atoms with E-state index in [-0.39, 0.29) is 32.9 Å². The lowest BCUT2D eigenvalue weighted by molar-refractivity contribution is 0.0978. The summed E-state index contributed by atoms with van der Waals surface area (Å²) in [5.74, 6) is -0.315. The van der Waals surface area contributed by atoms with Crippen LogP contribution in [-0.4, -0.2) is 18.7 Å². The molecule has 1 aromatic carbocycles. The second-order valence-electron chi connectivity index (χ2n) is 3.27. The molecule has 0 amide bonds. The zero-order chi connectivity index (χ0) is 11.9. The lowest BCUT2D eigenvalue weighted by Gasteiger charge is -2.17. The van der Waals surface area contributed by atoms with Crippen molar-refractivity contribution in [1.29, 1.82) is 0 Å². The first-order valence-electron chi connectivity index (χ1n) is 4.49. The van der Waals surface area contributed by atoms with Crippen molar-refractivity contribution in [3.05, 3.63) is 39.5 Å². The molecule has 0 unspecified atom stereocenters. The van der Waals surface area contributed by atoms with E-state index in [4.69, 9.17) is 10.5 Å². The van der Waals surface area contributed by atoms with Crippen molar-refractivity contribution in [3.63, 3.8) is 0 Å². The van der Waals surface area contributed by atoms with Crippen molar-refractivity contribution in [2.75, 3.05) is 7.11 Å². The maximum Gasteiger partial charge on any atom is 0.210 e. The molecule has 0 spiro atoms. The van der Waals surface area contributed by atoms with Gasteiger partial charge >= 0.3 is 0 Å². The van der Waals surface area contributed by atoms with Crippen molar-refractivity contribution in [3.8, 4) is 5.75 Å². The summed E-state index contributed by atoms with van der Waals surface area (Å²) in [4.78, 5) is 23.8. The van der Waals surface area contributed by atoms with Crippen molar-refractivity contribution in [2.45, 2.75) is 0 Å². The number of benzene rings is 1. The average molecular weight is 282 g/mol. The van der Waals surface area contributed by atoms with Gasteiger partial charge in [-0.3, -0.25) is 9.59 Å². The number of ether oxygens (including phenoxy) is 1. The van der Waals surface area contributed by atoms with E-state index in [0.717, 1.165) is 0 Å². The minimum absolute atomic E-state index is 0.0641. The van der Waals surface area contributed by atoms with Gasteiger partial charge in [0.25, 0.3) is 0 Å². The summed E-state index contributed by atoms with van der Waals surface area (Å²) in [6.45, 7) is 0. The topological polar surface area (TPSA) is 69.4 Å². The SMILES string of the molecule is COc1cccc2c1C(=O)C(Br)=C(N)C2=O. The fraction of sp³-hybridized carbons (Fsp3) is 0.0909. The van der Waals surface area contributed by atoms with Crippen molar-refractivity contribution in [1.82, 2.24) is 0 Å². The summed E-state index contributed by atoms with van der Waals surface area (Å²) in [7, 11) is 1.45. The summed E-state index contributed by atoms with van der Waals surface area (Å²) in [5.41, 5.74) is 6.02. The smallest absolute Gasteiger partial charge is 0.210 e. The second kappa shape index (κ2) is 3.75. The molecular weight excluding hydrogens is 274 g/mol. The first kappa shape index (κ1) is 10.9. The van der Waals surface area contributed by atoms with E-state index in [0.29, 0.717) is 5.75 Å². The molecule has 0 saturated heterocycles. The van der Waals surface area contributed by atoms with Crippen LogP contribution >= 0.6 is 15.9 Å². The fourth-order valence-corrected chi connectivity index (χ4v) is 1.98. The largest absolute Gasteiger partial charge is 0.496 e. The Balaban J connectivity index is 2.76. The van der Waals surface area contributed by atoms with E-state index in [2.05, 4.69) is 15.9 Å². The Kier molecular flexibility index (Phi) is 2.55. The summed E-state index contributed by atoms with van der Waals surface area (Å²) in [5, 5.41) is 0. The Bertz CT molecular complexity index is 534. The molecular formula is C11H8BrNO3. The number of methoxy groups -OCH3 is 1. The quantitative estimate of drug-likeness (QED) is 0.850. The number of hydrogen-bond acceptors (Lipinski definition) is 4. The maximum absolute atomic E-state index is 11.9. The number of rotatable bonds is 1. The maximum atomic E-state index is 11.9. The number of carbonyl (C=O) groups is 2. The zero-order valence-corrected chi connectivity index (χ0v) is 10.00. The number of nitrogens with two attached hydrogens (primary N) is 1. The van der Waals surface area contributed by atoms with E-state index in [1.54, 1.807) is 18.2 Å². The zero-order valence-electron chi connectivity index (χ0n) is 8.41. The lowest BCUT2D eigenvalue weighted by atomic mass is 9.92. The van der Waals surface area contributed by atoms with Crippen LogP contribution < -0.4 is 10.5 Å². The number of Topliss-reactive ketones (excluding diaryl/α,β-unsaturated/α-hetero) is 2. The monoisotopic (exact) mass is 281 g/mol. The molecule has 2 N–H and O–H groups in total. The minimum Gasteiger partial charge on any atom is -0.496 e. The third-order valence-electron chi connectivity index (χ3n) is 2.40. The van der Waals surface area contributed by atoms with Crippen LogP contribution in [0.3, 0.4) is 0 Å². The lowest BCUT2D eigenvalue weighted by Crippen LogP contribution is -2.24. The minimum atomic E-state index is -0.361. The van der Waals surface area contributed by atoms with E-state index in [9.17, 15) is 9.59 Å². The molecule has 82 valence electrons. The Morgan fingerprint density at radius 3 is 2.56 bits per heavy atom. The van der Waals surface area contributed by atoms with Gasteiger partial charge in [-0.1, -0.05) is 6.07 Å². The molecule has 2 rings (SSSR count). The Hall–Kier alpha value is -1.62. The van der Waals surface area contributed by atoms with E-state index in [1.807, 2.05) is 0 Å². The number of allylic oxidation sites excluding steroid dienone is 2. The molecule has 0 saturated carbocycles. The highest BCUT2D eigenvalue weighted by Gasteiger charge is 2.31. The number of fused-ring (bicyclic) bond motifs is 1. The van der Waals surface area contributed by atoms with Crippen molar-refractivity contribution < 1.29 is 14.3 Å². The van der Waals surface area contributed by atoms with Gasteiger partial charge in [0.1, 0.15) is 5.75 Å². The van der Waals surface area contributed by atoms with Gasteiger partial charge in [-0.25, -0.2) is 0 Å². The molecule has 1 aliphatic rings. The van der Waals surface area contributed by atoms with Gasteiger partial charge in [0.05, 0.1) is 22.9 Å². The van der Waals surface area contributed by atoms with Crippen LogP contribution in [0.2, 0.25) is 0 Å². The molecule has 1 aliphatic carbocycles. The van der Waals surface area contributed by atoms with Gasteiger partial charge < -0.3 is 10.5 Å². The van der Waals surface area contributed by atoms with E-state index < -0.39 is 0 Å². The van der Waals surface area contributed by atoms with Crippen LogP contribution in [0.5, 0.6) is 5.75 Å². The molecule has 0 bridgehead atoms. The molecule has 16 heavy (non-hydrogen) atoms. The van der Waals surface area contributed by atoms with Crippen LogP contribution in [0.15, 0.2) is 28.4 Å². The molecule has 1 aromatic rings. The predicted octanol–water partition coefficient (Wildman–Crippen LogP) is 1.64. The standard InChI is InChI=1S/C11H8BrNO3/c1-16-6-4-2-3-5-7(6)11(15)8(12)9(13)10(5)14/h2-4H,13H2,1H3. The second-order valence-corrected chi connectivity index (χ2v) is 4.06. The molecule has 0 aromatic heterocycles. The number of ketones is 2. The molecule has 5 heteroatoms. The molecule has 0 radical (unpaired) electrons. The highest BCUT2D eigenvalue weighted by atomic mass is 79.9. The highest BCUT2D eigenvalue weighted by molar-refractivity contribution is 9.12. The Morgan fingerprint density at radius 2 is 1.94 bits per heavy atom. The first-order chi connectivity index (χ1) is 7.57. The highest BCUT2D eigenvalue weighted by Crippen LogP contribution is 2.33. The first-order valence-corrected chi connectivity index (χ1v) is 5.29. The average Bonchev–Trinajstić information content (AvgIpc) is 2.32. The molecule has 0 atom stereocenters. The van der Waals surface area contributed by atoms with Crippen molar-refractivity contribution >= 4 is 27.5 Å². The number of halogens is 1. The van der Waals surface area contributed by atoms with Gasteiger partial charge in [0, 0.05) is 5.56 Å². The normalized spacial score (nSPS) is 15.1. The van der Waals surface area contributed by atoms with Crippen LogP contribution in [0.4, 0.5) is 0 Å². The van der Waals surface area contributed by atoms with Crippen LogP contribution in [0.25, 0.3) is 0 Å². The van der Waals surface area contributed by atoms with Crippen LogP contribution in [0, 0.1) is 0 Å². The summed E-state index contributed by atoms with van der Waals surface area (Å²) in [6.07, 6.45) is 0. The summed E-state index contributed by atoms with van der Waals surface area (Å²) >= 11 is 3.02. The third-order valence-corrected chi connectivity index (χ3v) is 3.19. The van der Waals surface area contributed by atoms with Gasteiger partial charge in [0.15, 0.2) is 0 Å². The predicted molar refractivity (Wildman–Crippen MR) is 61.8 cm³/mol. The Labute approximate surface area is 100 Å². The molecule has 0 fully saturated rings. The van der Waals surface area contributed by atoms with Crippen molar-refractivity contribution in [2.24, 2.45) is 5.73 Å². The fourth-order valence-electron chi connectivity index (χ4n) is 1.60. The molecule has 0 heterocycles.